The Morgan fingerprint density at radius 2 is 1.52 bits per heavy atom. The van der Waals surface area contributed by atoms with Crippen LogP contribution in [0.1, 0.15) is 7.43 Å². The predicted molar refractivity (Wildman–Crippen MR) is 92.9 cm³/mol. The first-order valence-corrected chi connectivity index (χ1v) is 7.84. The van der Waals surface area contributed by atoms with Gasteiger partial charge in [-0.15, -0.1) is 11.3 Å². The summed E-state index contributed by atoms with van der Waals surface area (Å²) >= 11 is 1.64. The van der Waals surface area contributed by atoms with Crippen LogP contribution >= 0.6 is 11.3 Å². The fourth-order valence-electron chi connectivity index (χ4n) is 2.25. The zero-order valence-electron chi connectivity index (χ0n) is 11.7. The van der Waals surface area contributed by atoms with Gasteiger partial charge in [-0.25, -0.2) is 0 Å². The van der Waals surface area contributed by atoms with Crippen molar-refractivity contribution in [3.63, 3.8) is 0 Å². The van der Waals surface area contributed by atoms with Crippen LogP contribution in [0.25, 0.3) is 22.1 Å². The van der Waals surface area contributed by atoms with Crippen molar-refractivity contribution < 1.29 is 4.80 Å². The Kier molecular flexibility index (Phi) is 4.30. The topological polar surface area (TPSA) is 34.6 Å². The normalized spacial score (nSPS) is 10.3. The molecule has 0 N–H and O–H groups in total. The van der Waals surface area contributed by atoms with E-state index >= 15 is 0 Å². The maximum Gasteiger partial charge on any atom is 0.349 e. The molecule has 23 heavy (non-hydrogen) atoms. The van der Waals surface area contributed by atoms with E-state index in [1.54, 1.807) is 11.3 Å². The molecule has 0 bridgehead atoms. The minimum absolute atomic E-state index is 0. The number of aromatic nitrogens is 4. The number of benzene rings is 2. The van der Waals surface area contributed by atoms with E-state index in [-0.39, 0.29) is 7.43 Å². The Bertz CT molecular complexity index is 811. The van der Waals surface area contributed by atoms with Crippen molar-refractivity contribution in [3.05, 3.63) is 78.2 Å². The third kappa shape index (κ3) is 2.91. The van der Waals surface area contributed by atoms with Crippen molar-refractivity contribution >= 4 is 11.3 Å². The standard InChI is InChI=1S/C17H13N4S.CH4/c1-3-8-14(9-4-1)20-18-17(16-12-7-13-22-16)19-21(20)15-10-5-2-6-11-15;/h1-13H;1H4/q+1;. The lowest BCUT2D eigenvalue weighted by Crippen LogP contribution is -2.43. The van der Waals surface area contributed by atoms with Gasteiger partial charge in [0.25, 0.3) is 0 Å². The van der Waals surface area contributed by atoms with Crippen molar-refractivity contribution in [1.82, 2.24) is 15.0 Å². The molecule has 0 amide bonds. The Morgan fingerprint density at radius 3 is 2.17 bits per heavy atom. The van der Waals surface area contributed by atoms with Crippen LogP contribution in [0.2, 0.25) is 0 Å². The van der Waals surface area contributed by atoms with Crippen molar-refractivity contribution in [2.24, 2.45) is 0 Å². The summed E-state index contributed by atoms with van der Waals surface area (Å²) in [6, 6.07) is 24.1. The van der Waals surface area contributed by atoms with Crippen LogP contribution in [0.3, 0.4) is 0 Å². The van der Waals surface area contributed by atoms with Crippen LogP contribution in [-0.2, 0) is 0 Å². The zero-order valence-corrected chi connectivity index (χ0v) is 12.5. The lowest BCUT2D eigenvalue weighted by atomic mass is 10.3. The molecule has 2 aromatic carbocycles. The monoisotopic (exact) mass is 321 g/mol. The summed E-state index contributed by atoms with van der Waals surface area (Å²) < 4.78 is 0. The second kappa shape index (κ2) is 6.54. The van der Waals surface area contributed by atoms with Gasteiger partial charge in [-0.1, -0.05) is 49.9 Å². The molecule has 0 saturated carbocycles. The zero-order chi connectivity index (χ0) is 14.8. The Labute approximate surface area is 139 Å². The summed E-state index contributed by atoms with van der Waals surface area (Å²) in [4.78, 5) is 4.70. The molecule has 2 aromatic heterocycles. The minimum atomic E-state index is 0. The average Bonchev–Trinajstić information content (AvgIpc) is 3.26. The van der Waals surface area contributed by atoms with E-state index in [1.165, 1.54) is 0 Å². The van der Waals surface area contributed by atoms with Gasteiger partial charge in [-0.05, 0) is 45.6 Å². The highest BCUT2D eigenvalue weighted by Crippen LogP contribution is 2.20. The third-order valence-corrected chi connectivity index (χ3v) is 4.14. The molecule has 2 heterocycles. The molecule has 5 heteroatoms. The maximum atomic E-state index is 4.68. The summed E-state index contributed by atoms with van der Waals surface area (Å²) in [7, 11) is 0. The first-order chi connectivity index (χ1) is 10.9. The van der Waals surface area contributed by atoms with Gasteiger partial charge < -0.3 is 0 Å². The van der Waals surface area contributed by atoms with Crippen molar-refractivity contribution in [1.29, 1.82) is 0 Å². The molecule has 0 fully saturated rings. The van der Waals surface area contributed by atoms with E-state index in [0.29, 0.717) is 0 Å². The first kappa shape index (κ1) is 15.1. The fraction of sp³-hybridized carbons (Fsp3) is 0.0556. The van der Waals surface area contributed by atoms with Crippen LogP contribution in [0.4, 0.5) is 0 Å². The first-order valence-electron chi connectivity index (χ1n) is 6.96. The molecule has 4 nitrogen and oxygen atoms in total. The minimum Gasteiger partial charge on any atom is -0.138 e. The number of rotatable bonds is 3. The third-order valence-electron chi connectivity index (χ3n) is 3.27. The number of hydrogen-bond acceptors (Lipinski definition) is 3. The summed E-state index contributed by atoms with van der Waals surface area (Å²) in [6.07, 6.45) is 0. The van der Waals surface area contributed by atoms with E-state index < -0.39 is 0 Å². The molecular weight excluding hydrogens is 304 g/mol. The molecule has 4 aromatic rings. The Morgan fingerprint density at radius 1 is 0.826 bits per heavy atom. The second-order valence-corrected chi connectivity index (χ2v) is 5.70. The molecule has 0 unspecified atom stereocenters. The van der Waals surface area contributed by atoms with Gasteiger partial charge >= 0.3 is 5.82 Å². The summed E-state index contributed by atoms with van der Waals surface area (Å²) in [5.74, 6) is 0.725. The largest absolute Gasteiger partial charge is 0.349 e. The van der Waals surface area contributed by atoms with Crippen LogP contribution in [0.5, 0.6) is 0 Å². The van der Waals surface area contributed by atoms with E-state index in [2.05, 4.69) is 10.2 Å². The number of tetrazole rings is 1. The smallest absolute Gasteiger partial charge is 0.138 e. The van der Waals surface area contributed by atoms with E-state index in [1.807, 2.05) is 87.8 Å². The molecule has 4 rings (SSSR count). The highest BCUT2D eigenvalue weighted by molar-refractivity contribution is 7.13. The maximum absolute atomic E-state index is 4.68. The van der Waals surface area contributed by atoms with Crippen LogP contribution in [0.15, 0.2) is 78.2 Å². The quantitative estimate of drug-likeness (QED) is 0.536. The van der Waals surface area contributed by atoms with Crippen molar-refractivity contribution in [2.75, 3.05) is 0 Å². The lowest BCUT2D eigenvalue weighted by Gasteiger charge is -1.98. The predicted octanol–water partition coefficient (Wildman–Crippen LogP) is 3.91. The van der Waals surface area contributed by atoms with Gasteiger partial charge in [0.05, 0.1) is 5.10 Å². The van der Waals surface area contributed by atoms with Crippen LogP contribution < -0.4 is 4.80 Å². The molecule has 0 aliphatic rings. The Hall–Kier alpha value is -2.79. The van der Waals surface area contributed by atoms with Crippen molar-refractivity contribution in [2.45, 2.75) is 7.43 Å². The van der Waals surface area contributed by atoms with Gasteiger partial charge in [-0.2, -0.15) is 0 Å². The molecular formula is C18H17N4S+. The summed E-state index contributed by atoms with van der Waals surface area (Å²) in [5, 5.41) is 11.4. The molecule has 0 radical (unpaired) electrons. The van der Waals surface area contributed by atoms with Gasteiger partial charge in [0.1, 0.15) is 10.6 Å². The fourth-order valence-corrected chi connectivity index (χ4v) is 2.89. The van der Waals surface area contributed by atoms with E-state index in [4.69, 9.17) is 0 Å². The highest BCUT2D eigenvalue weighted by Gasteiger charge is 2.23. The lowest BCUT2D eigenvalue weighted by molar-refractivity contribution is -0.734. The molecule has 114 valence electrons. The number of hydrogen-bond donors (Lipinski definition) is 0. The van der Waals surface area contributed by atoms with Gasteiger partial charge in [-0.3, -0.25) is 0 Å². The van der Waals surface area contributed by atoms with Crippen LogP contribution in [0, 0.1) is 0 Å². The van der Waals surface area contributed by atoms with Crippen LogP contribution in [-0.4, -0.2) is 15.0 Å². The average molecular weight is 321 g/mol. The highest BCUT2D eigenvalue weighted by atomic mass is 32.1. The van der Waals surface area contributed by atoms with E-state index in [9.17, 15) is 0 Å². The molecule has 0 spiro atoms. The van der Waals surface area contributed by atoms with Gasteiger partial charge in [0.15, 0.2) is 5.69 Å². The summed E-state index contributed by atoms with van der Waals surface area (Å²) in [6.45, 7) is 0. The number of nitrogens with zero attached hydrogens (tertiary/aromatic N) is 4. The SMILES string of the molecule is C.c1ccc(-n2nc(-c3cccs3)n[n+]2-c2ccccc2)cc1. The molecule has 0 atom stereocenters. The Balaban J connectivity index is 0.00000156. The number of para-hydroxylation sites is 2. The second-order valence-electron chi connectivity index (χ2n) is 4.75. The molecule has 0 saturated heterocycles. The molecule has 0 aliphatic heterocycles. The van der Waals surface area contributed by atoms with Crippen molar-refractivity contribution in [3.8, 4) is 22.1 Å². The van der Waals surface area contributed by atoms with Gasteiger partial charge in [0, 0.05) is 4.80 Å². The summed E-state index contributed by atoms with van der Waals surface area (Å²) in [5.41, 5.74) is 1.95. The van der Waals surface area contributed by atoms with E-state index in [0.717, 1.165) is 22.1 Å². The van der Waals surface area contributed by atoms with Gasteiger partial charge in [0.2, 0.25) is 0 Å². The number of thiophene rings is 1. The molecule has 0 aliphatic carbocycles.